The van der Waals surface area contributed by atoms with Gasteiger partial charge in [0, 0.05) is 10.9 Å². The van der Waals surface area contributed by atoms with Crippen LogP contribution in [0.2, 0.25) is 10.0 Å². The van der Waals surface area contributed by atoms with Crippen LogP contribution in [0.5, 0.6) is 0 Å². The molecule has 4 rings (SSSR count). The van der Waals surface area contributed by atoms with Gasteiger partial charge in [0.05, 0.1) is 22.3 Å². The predicted octanol–water partition coefficient (Wildman–Crippen LogP) is 5.52. The minimum Gasteiger partial charge on any atom is -0.478 e. The van der Waals surface area contributed by atoms with Crippen LogP contribution < -0.4 is 5.32 Å². The third-order valence-electron chi connectivity index (χ3n) is 4.93. The third-order valence-corrected chi connectivity index (χ3v) is 5.50. The van der Waals surface area contributed by atoms with E-state index in [-0.39, 0.29) is 17.9 Å². The molecule has 1 heterocycles. The number of fused-ring (bicyclic) bond motifs is 3. The number of nitrogens with one attached hydrogen (secondary N) is 1. The zero-order valence-electron chi connectivity index (χ0n) is 12.7. The smallest absolute Gasteiger partial charge is 0.336 e. The van der Waals surface area contributed by atoms with Gasteiger partial charge in [-0.1, -0.05) is 47.5 Å². The van der Waals surface area contributed by atoms with Crippen molar-refractivity contribution in [2.45, 2.75) is 18.4 Å². The molecule has 2 aromatic rings. The summed E-state index contributed by atoms with van der Waals surface area (Å²) in [6.45, 7) is 0. The number of halogens is 2. The number of carboxylic acid groups (broad SMARTS) is 1. The first-order valence-electron chi connectivity index (χ1n) is 7.80. The van der Waals surface area contributed by atoms with Gasteiger partial charge < -0.3 is 10.4 Å². The van der Waals surface area contributed by atoms with Crippen molar-refractivity contribution < 1.29 is 9.90 Å². The van der Waals surface area contributed by atoms with Crippen LogP contribution in [0.1, 0.15) is 39.9 Å². The Bertz CT molecular complexity index is 845. The van der Waals surface area contributed by atoms with Crippen LogP contribution in [-0.4, -0.2) is 11.1 Å². The molecule has 1 aliphatic heterocycles. The molecular weight excluding hydrogens is 345 g/mol. The molecule has 2 aromatic carbocycles. The number of hydrogen-bond donors (Lipinski definition) is 2. The Morgan fingerprint density at radius 3 is 2.58 bits per heavy atom. The summed E-state index contributed by atoms with van der Waals surface area (Å²) in [5.41, 5.74) is 2.96. The zero-order chi connectivity index (χ0) is 16.8. The number of aromatic carboxylic acids is 1. The van der Waals surface area contributed by atoms with Crippen LogP contribution in [0.3, 0.4) is 0 Å². The van der Waals surface area contributed by atoms with E-state index in [1.807, 2.05) is 24.3 Å². The molecular formula is C19H15Cl2NO2. The van der Waals surface area contributed by atoms with E-state index < -0.39 is 5.97 Å². The van der Waals surface area contributed by atoms with Crippen molar-refractivity contribution >= 4 is 34.9 Å². The maximum absolute atomic E-state index is 11.7. The van der Waals surface area contributed by atoms with E-state index in [1.165, 1.54) is 0 Å². The van der Waals surface area contributed by atoms with Gasteiger partial charge in [-0.05, 0) is 47.7 Å². The summed E-state index contributed by atoms with van der Waals surface area (Å²) in [6.07, 6.45) is 5.13. The lowest BCUT2D eigenvalue weighted by atomic mass is 9.75. The molecule has 5 heteroatoms. The van der Waals surface area contributed by atoms with E-state index in [1.54, 1.807) is 12.1 Å². The largest absolute Gasteiger partial charge is 0.478 e. The first-order chi connectivity index (χ1) is 11.6. The second-order valence-corrected chi connectivity index (χ2v) is 7.06. The fourth-order valence-electron chi connectivity index (χ4n) is 3.86. The fourth-order valence-corrected chi connectivity index (χ4v) is 4.21. The van der Waals surface area contributed by atoms with Gasteiger partial charge in [-0.3, -0.25) is 0 Å². The van der Waals surface area contributed by atoms with E-state index in [2.05, 4.69) is 17.5 Å². The average molecular weight is 360 g/mol. The maximum atomic E-state index is 11.7. The van der Waals surface area contributed by atoms with Crippen LogP contribution in [0.25, 0.3) is 0 Å². The number of anilines is 1. The van der Waals surface area contributed by atoms with Crippen molar-refractivity contribution in [3.8, 4) is 0 Å². The summed E-state index contributed by atoms with van der Waals surface area (Å²) in [4.78, 5) is 11.7. The van der Waals surface area contributed by atoms with E-state index >= 15 is 0 Å². The minimum atomic E-state index is -0.922. The highest BCUT2D eigenvalue weighted by Gasteiger charge is 2.40. The molecule has 0 spiro atoms. The van der Waals surface area contributed by atoms with Gasteiger partial charge in [0.15, 0.2) is 0 Å². The molecule has 2 aliphatic rings. The number of rotatable bonds is 2. The highest BCUT2D eigenvalue weighted by molar-refractivity contribution is 6.33. The first-order valence-corrected chi connectivity index (χ1v) is 8.56. The normalized spacial score (nSPS) is 24.2. The van der Waals surface area contributed by atoms with Crippen molar-refractivity contribution in [3.05, 3.63) is 75.3 Å². The van der Waals surface area contributed by atoms with Crippen molar-refractivity contribution in [3.63, 3.8) is 0 Å². The molecule has 3 nitrogen and oxygen atoms in total. The van der Waals surface area contributed by atoms with Gasteiger partial charge in [0.1, 0.15) is 0 Å². The molecule has 24 heavy (non-hydrogen) atoms. The summed E-state index contributed by atoms with van der Waals surface area (Å²) in [5, 5.41) is 14.3. The lowest BCUT2D eigenvalue weighted by Gasteiger charge is -2.38. The Labute approximate surface area is 149 Å². The summed E-state index contributed by atoms with van der Waals surface area (Å²) < 4.78 is 0. The molecule has 0 radical (unpaired) electrons. The number of carbonyl (C=O) groups is 1. The van der Waals surface area contributed by atoms with Crippen molar-refractivity contribution in [2.75, 3.05) is 5.32 Å². The van der Waals surface area contributed by atoms with E-state index in [4.69, 9.17) is 23.2 Å². The van der Waals surface area contributed by atoms with Crippen molar-refractivity contribution in [1.82, 2.24) is 0 Å². The SMILES string of the molecule is O=C(O)c1ccc(Cl)c2c1C1C=CCC1[C@H](c1ccc(Cl)cc1)N2. The zero-order valence-corrected chi connectivity index (χ0v) is 14.2. The Kier molecular flexibility index (Phi) is 3.78. The van der Waals surface area contributed by atoms with Crippen LogP contribution >= 0.6 is 23.2 Å². The predicted molar refractivity (Wildman–Crippen MR) is 96.2 cm³/mol. The standard InChI is InChI=1S/C19H15Cl2NO2/c20-11-6-4-10(5-7-11)17-13-3-1-2-12(13)16-14(19(23)24)8-9-15(21)18(16)22-17/h1-2,4-9,12-13,17,22H,3H2,(H,23,24)/t12?,13?,17-/m0/s1. The number of carboxylic acids is 1. The Balaban J connectivity index is 1.86. The molecule has 3 atom stereocenters. The van der Waals surface area contributed by atoms with E-state index in [0.29, 0.717) is 15.6 Å². The molecule has 0 bridgehead atoms. The molecule has 0 aromatic heterocycles. The Morgan fingerprint density at radius 2 is 1.88 bits per heavy atom. The first kappa shape index (κ1) is 15.6. The Morgan fingerprint density at radius 1 is 1.12 bits per heavy atom. The molecule has 0 saturated heterocycles. The molecule has 0 fully saturated rings. The summed E-state index contributed by atoms with van der Waals surface area (Å²) in [7, 11) is 0. The van der Waals surface area contributed by atoms with E-state index in [0.717, 1.165) is 23.2 Å². The van der Waals surface area contributed by atoms with Gasteiger partial charge in [-0.15, -0.1) is 0 Å². The lowest BCUT2D eigenvalue weighted by molar-refractivity contribution is 0.0695. The Hall–Kier alpha value is -1.97. The summed E-state index contributed by atoms with van der Waals surface area (Å²) in [6, 6.07) is 11.1. The molecule has 0 amide bonds. The number of hydrogen-bond acceptors (Lipinski definition) is 2. The second kappa shape index (κ2) is 5.83. The van der Waals surface area contributed by atoms with Crippen molar-refractivity contribution in [1.29, 1.82) is 0 Å². The molecule has 1 aliphatic carbocycles. The average Bonchev–Trinajstić information content (AvgIpc) is 3.05. The second-order valence-electron chi connectivity index (χ2n) is 6.22. The molecule has 2 N–H and O–H groups in total. The minimum absolute atomic E-state index is 0.0479. The maximum Gasteiger partial charge on any atom is 0.336 e. The summed E-state index contributed by atoms with van der Waals surface area (Å²) >= 11 is 12.4. The highest BCUT2D eigenvalue weighted by Crippen LogP contribution is 2.52. The van der Waals surface area contributed by atoms with Gasteiger partial charge in [0.25, 0.3) is 0 Å². The quantitative estimate of drug-likeness (QED) is 0.694. The highest BCUT2D eigenvalue weighted by atomic mass is 35.5. The molecule has 122 valence electrons. The molecule has 2 unspecified atom stereocenters. The van der Waals surface area contributed by atoms with Crippen LogP contribution in [-0.2, 0) is 0 Å². The lowest BCUT2D eigenvalue weighted by Crippen LogP contribution is -2.30. The monoisotopic (exact) mass is 359 g/mol. The number of benzene rings is 2. The fraction of sp³-hybridized carbons (Fsp3) is 0.211. The number of allylic oxidation sites excluding steroid dienone is 2. The van der Waals surface area contributed by atoms with E-state index in [9.17, 15) is 9.90 Å². The van der Waals surface area contributed by atoms with Gasteiger partial charge >= 0.3 is 5.97 Å². The third kappa shape index (κ3) is 2.40. The van der Waals surface area contributed by atoms with Crippen LogP contribution in [0, 0.1) is 5.92 Å². The van der Waals surface area contributed by atoms with Crippen molar-refractivity contribution in [2.24, 2.45) is 5.92 Å². The molecule has 0 saturated carbocycles. The van der Waals surface area contributed by atoms with Crippen LogP contribution in [0.15, 0.2) is 48.6 Å². The van der Waals surface area contributed by atoms with Crippen LogP contribution in [0.4, 0.5) is 5.69 Å². The van der Waals surface area contributed by atoms with Gasteiger partial charge in [0.2, 0.25) is 0 Å². The van der Waals surface area contributed by atoms with Gasteiger partial charge in [-0.25, -0.2) is 4.79 Å². The van der Waals surface area contributed by atoms with Gasteiger partial charge in [-0.2, -0.15) is 0 Å². The summed E-state index contributed by atoms with van der Waals surface area (Å²) in [5.74, 6) is -0.615. The topological polar surface area (TPSA) is 49.3 Å².